The number of nitriles is 1. The van der Waals surface area contributed by atoms with Crippen LogP contribution in [0.15, 0.2) is 59.2 Å². The highest BCUT2D eigenvalue weighted by atomic mass is 19.4. The van der Waals surface area contributed by atoms with E-state index in [1.165, 1.54) is 24.3 Å². The lowest BCUT2D eigenvalue weighted by atomic mass is 9.82. The van der Waals surface area contributed by atoms with E-state index < -0.39 is 12.1 Å². The van der Waals surface area contributed by atoms with Crippen molar-refractivity contribution in [2.24, 2.45) is 5.92 Å². The molecule has 1 unspecified atom stereocenters. The topological polar surface area (TPSA) is 56.6 Å². The maximum Gasteiger partial charge on any atom is 0.472 e. The number of carbonyl (C=O) groups is 1. The van der Waals surface area contributed by atoms with Gasteiger partial charge in [0.2, 0.25) is 0 Å². The average Bonchev–Trinajstić information content (AvgIpc) is 3.42. The number of ether oxygens (including phenoxy) is 1. The Balaban J connectivity index is 1.82. The molecular weight excluding hydrogens is 345 g/mol. The van der Waals surface area contributed by atoms with E-state index in [0.717, 1.165) is 17.1 Å². The zero-order chi connectivity index (χ0) is 18.5. The Morgan fingerprint density at radius 3 is 2.62 bits per heavy atom. The number of anilines is 1. The van der Waals surface area contributed by atoms with Crippen LogP contribution in [-0.4, -0.2) is 12.1 Å². The summed E-state index contributed by atoms with van der Waals surface area (Å²) in [6.07, 6.45) is 0.167. The predicted molar refractivity (Wildman–Crippen MR) is 86.3 cm³/mol. The van der Waals surface area contributed by atoms with Gasteiger partial charge < -0.3 is 4.74 Å². The highest BCUT2D eigenvalue weighted by Gasteiger charge is 2.47. The summed E-state index contributed by atoms with van der Waals surface area (Å²) in [5.74, 6) is -0.306. The SMILES string of the molecule is N#Cc1ccc(N(C(=O)C(F)(F)F)C2=C3CCC4=C(O4)C3CC=C2)cc1. The van der Waals surface area contributed by atoms with Crippen LogP contribution in [0.1, 0.15) is 24.8 Å². The average molecular weight is 358 g/mol. The van der Waals surface area contributed by atoms with Crippen LogP contribution in [0.4, 0.5) is 18.9 Å². The standard InChI is InChI=1S/C19H13F3N2O2/c20-19(21,22)18(25)24(12-6-4-11(10-23)5-7-12)15-3-1-2-14-13(15)8-9-16-17(14)26-16/h1,3-7,14H,2,8-9H2. The Bertz CT molecular complexity index is 918. The van der Waals surface area contributed by atoms with Gasteiger partial charge in [0, 0.05) is 23.7 Å². The molecular formula is C19H13F3N2O2. The third-order valence-electron chi connectivity index (χ3n) is 4.74. The van der Waals surface area contributed by atoms with Crippen molar-refractivity contribution >= 4 is 11.6 Å². The molecule has 0 bridgehead atoms. The largest absolute Gasteiger partial charge is 0.472 e. The summed E-state index contributed by atoms with van der Waals surface area (Å²) < 4.78 is 45.3. The number of benzene rings is 1. The van der Waals surface area contributed by atoms with E-state index in [1.807, 2.05) is 6.07 Å². The summed E-state index contributed by atoms with van der Waals surface area (Å²) in [5.41, 5.74) is 1.42. The number of nitrogens with zero attached hydrogens (tertiary/aromatic N) is 2. The number of hydrogen-bond acceptors (Lipinski definition) is 3. The van der Waals surface area contributed by atoms with Crippen LogP contribution in [-0.2, 0) is 9.53 Å². The van der Waals surface area contributed by atoms with Crippen LogP contribution in [0, 0.1) is 17.2 Å². The smallest absolute Gasteiger partial charge is 0.458 e. The molecule has 0 N–H and O–H groups in total. The summed E-state index contributed by atoms with van der Waals surface area (Å²) in [5, 5.41) is 8.89. The van der Waals surface area contributed by atoms with Crippen LogP contribution >= 0.6 is 0 Å². The number of halogens is 3. The lowest BCUT2D eigenvalue weighted by molar-refractivity contribution is -0.169. The van der Waals surface area contributed by atoms with Crippen molar-refractivity contribution in [3.05, 3.63) is 64.8 Å². The van der Waals surface area contributed by atoms with Crippen LogP contribution in [0.25, 0.3) is 0 Å². The van der Waals surface area contributed by atoms with Crippen molar-refractivity contribution in [3.63, 3.8) is 0 Å². The molecule has 132 valence electrons. The lowest BCUT2D eigenvalue weighted by Crippen LogP contribution is -2.41. The third-order valence-corrected chi connectivity index (χ3v) is 4.74. The fourth-order valence-corrected chi connectivity index (χ4v) is 3.50. The number of rotatable bonds is 2. The van der Waals surface area contributed by atoms with E-state index in [-0.39, 0.29) is 17.3 Å². The van der Waals surface area contributed by atoms with E-state index in [4.69, 9.17) is 10.00 Å². The van der Waals surface area contributed by atoms with Gasteiger partial charge in [0.15, 0.2) is 0 Å². The number of alkyl halides is 3. The minimum atomic E-state index is -5.02. The molecule has 0 saturated carbocycles. The molecule has 3 aliphatic rings. The van der Waals surface area contributed by atoms with Crippen LogP contribution in [0.5, 0.6) is 0 Å². The molecule has 1 atom stereocenters. The van der Waals surface area contributed by atoms with Crippen LogP contribution in [0.3, 0.4) is 0 Å². The van der Waals surface area contributed by atoms with E-state index in [9.17, 15) is 18.0 Å². The molecule has 4 nitrogen and oxygen atoms in total. The van der Waals surface area contributed by atoms with Crippen molar-refractivity contribution in [3.8, 4) is 6.07 Å². The van der Waals surface area contributed by atoms with Gasteiger partial charge in [0.1, 0.15) is 11.5 Å². The normalized spacial score (nSPS) is 20.8. The van der Waals surface area contributed by atoms with Gasteiger partial charge in [-0.1, -0.05) is 6.08 Å². The Kier molecular flexibility index (Phi) is 3.65. The summed E-state index contributed by atoms with van der Waals surface area (Å²) in [7, 11) is 0. The first-order valence-electron chi connectivity index (χ1n) is 8.12. The van der Waals surface area contributed by atoms with Gasteiger partial charge in [-0.25, -0.2) is 0 Å². The van der Waals surface area contributed by atoms with Crippen molar-refractivity contribution in [1.29, 1.82) is 5.26 Å². The second-order valence-electron chi connectivity index (χ2n) is 6.29. The lowest BCUT2D eigenvalue weighted by Gasteiger charge is -2.31. The second kappa shape index (κ2) is 5.77. The summed E-state index contributed by atoms with van der Waals surface area (Å²) >= 11 is 0. The predicted octanol–water partition coefficient (Wildman–Crippen LogP) is 4.32. The molecule has 1 amide bonds. The Labute approximate surface area is 147 Å². The fraction of sp³-hybridized carbons (Fsp3) is 0.263. The van der Waals surface area contributed by atoms with Crippen LogP contribution < -0.4 is 4.90 Å². The molecule has 1 heterocycles. The minimum absolute atomic E-state index is 0.0793. The molecule has 4 rings (SSSR count). The highest BCUT2D eigenvalue weighted by Crippen LogP contribution is 2.50. The number of carbonyl (C=O) groups excluding carboxylic acids is 1. The van der Waals surface area contributed by atoms with E-state index in [1.54, 1.807) is 12.2 Å². The molecule has 2 aliphatic carbocycles. The van der Waals surface area contributed by atoms with E-state index >= 15 is 0 Å². The third kappa shape index (κ3) is 2.68. The van der Waals surface area contributed by atoms with Crippen molar-refractivity contribution in [2.75, 3.05) is 4.90 Å². The zero-order valence-electron chi connectivity index (χ0n) is 13.5. The Hall–Kier alpha value is -3.01. The second-order valence-corrected chi connectivity index (χ2v) is 6.29. The van der Waals surface area contributed by atoms with Gasteiger partial charge in [-0.05, 0) is 48.8 Å². The number of hydrogen-bond donors (Lipinski definition) is 0. The quantitative estimate of drug-likeness (QED) is 0.791. The van der Waals surface area contributed by atoms with Crippen molar-refractivity contribution < 1.29 is 22.7 Å². The van der Waals surface area contributed by atoms with Crippen molar-refractivity contribution in [2.45, 2.75) is 25.4 Å². The molecule has 1 aromatic rings. The highest BCUT2D eigenvalue weighted by molar-refractivity contribution is 6.01. The zero-order valence-corrected chi connectivity index (χ0v) is 13.5. The van der Waals surface area contributed by atoms with E-state index in [0.29, 0.717) is 29.7 Å². The van der Waals surface area contributed by atoms with Gasteiger partial charge in [-0.15, -0.1) is 0 Å². The monoisotopic (exact) mass is 358 g/mol. The van der Waals surface area contributed by atoms with Gasteiger partial charge in [0.05, 0.1) is 11.6 Å². The number of amides is 1. The maximum atomic E-state index is 13.3. The first-order chi connectivity index (χ1) is 12.4. The summed E-state index contributed by atoms with van der Waals surface area (Å²) in [6, 6.07) is 7.42. The molecule has 0 radical (unpaired) electrons. The maximum absolute atomic E-state index is 13.3. The van der Waals surface area contributed by atoms with Gasteiger partial charge >= 0.3 is 12.1 Å². The summed E-state index contributed by atoms with van der Waals surface area (Å²) in [6.45, 7) is 0. The summed E-state index contributed by atoms with van der Waals surface area (Å²) in [4.78, 5) is 12.9. The molecule has 1 aromatic carbocycles. The van der Waals surface area contributed by atoms with E-state index in [2.05, 4.69) is 0 Å². The van der Waals surface area contributed by atoms with Gasteiger partial charge in [-0.3, -0.25) is 9.69 Å². The first kappa shape index (κ1) is 16.5. The number of fused-ring (bicyclic) bond motifs is 2. The molecule has 1 aliphatic heterocycles. The molecule has 0 saturated heterocycles. The Morgan fingerprint density at radius 1 is 1.23 bits per heavy atom. The number of allylic oxidation sites excluding steroid dienone is 4. The van der Waals surface area contributed by atoms with Crippen molar-refractivity contribution in [1.82, 2.24) is 0 Å². The fourth-order valence-electron chi connectivity index (χ4n) is 3.50. The first-order valence-corrected chi connectivity index (χ1v) is 8.12. The van der Waals surface area contributed by atoms with Gasteiger partial charge in [0.25, 0.3) is 0 Å². The van der Waals surface area contributed by atoms with Crippen LogP contribution in [0.2, 0.25) is 0 Å². The molecule has 0 fully saturated rings. The Morgan fingerprint density at radius 2 is 1.96 bits per heavy atom. The minimum Gasteiger partial charge on any atom is -0.458 e. The molecule has 0 aromatic heterocycles. The molecule has 0 spiro atoms. The molecule has 26 heavy (non-hydrogen) atoms. The molecule has 7 heteroatoms. The van der Waals surface area contributed by atoms with Gasteiger partial charge in [-0.2, -0.15) is 18.4 Å².